The summed E-state index contributed by atoms with van der Waals surface area (Å²) in [7, 11) is -1.52. The van der Waals surface area contributed by atoms with Gasteiger partial charge in [-0.2, -0.15) is 12.7 Å². The molecule has 0 radical (unpaired) electrons. The van der Waals surface area contributed by atoms with Crippen LogP contribution in [0.4, 0.5) is 4.79 Å². The summed E-state index contributed by atoms with van der Waals surface area (Å²) in [5, 5.41) is 21.2. The summed E-state index contributed by atoms with van der Waals surface area (Å²) < 4.78 is 33.3. The van der Waals surface area contributed by atoms with Crippen molar-refractivity contribution < 1.29 is 33.0 Å². The van der Waals surface area contributed by atoms with Crippen LogP contribution in [-0.2, 0) is 28.0 Å². The molecule has 0 unspecified atom stereocenters. The average Bonchev–Trinajstić information content (AvgIpc) is 3.00. The summed E-state index contributed by atoms with van der Waals surface area (Å²) in [6, 6.07) is 4.90. The van der Waals surface area contributed by atoms with E-state index in [0.29, 0.717) is 15.6 Å². The number of hydrogen-bond donors (Lipinski definition) is 3. The first-order chi connectivity index (χ1) is 16.0. The Labute approximate surface area is 214 Å². The summed E-state index contributed by atoms with van der Waals surface area (Å²) in [4.78, 5) is 25.9. The highest BCUT2D eigenvalue weighted by Crippen LogP contribution is 2.32. The number of rotatable bonds is 8. The van der Waals surface area contributed by atoms with E-state index in [1.165, 1.54) is 25.2 Å². The number of halogens is 2. The monoisotopic (exact) mass is 550 g/mol. The van der Waals surface area contributed by atoms with Crippen molar-refractivity contribution >= 4 is 45.4 Å². The first-order valence-electron chi connectivity index (χ1n) is 10.3. The maximum absolute atomic E-state index is 12.8. The molecule has 1 aromatic carbocycles. The van der Waals surface area contributed by atoms with Gasteiger partial charge in [0.05, 0.1) is 10.0 Å². The zero-order valence-corrected chi connectivity index (χ0v) is 22.2. The van der Waals surface area contributed by atoms with Crippen LogP contribution in [0.2, 0.25) is 10.0 Å². The first kappa shape index (κ1) is 28.6. The highest BCUT2D eigenvalue weighted by molar-refractivity contribution is 7.87. The topological polar surface area (TPSA) is 141 Å². The Kier molecular flexibility index (Phi) is 8.93. The maximum atomic E-state index is 12.8. The number of likely N-dealkylation sites (N-methyl/N-ethyl adjacent to an activating group) is 1. The SMILES string of the molecule is CN(Cc1ccc(Cl)c(Cl)c1)C(=O)c1cn(CCN(C)S(=O)(=O)NC(=O)OC(C)(C)C)c(O)c1O. The van der Waals surface area contributed by atoms with Crippen LogP contribution in [0.25, 0.3) is 0 Å². The number of aromatic nitrogens is 1. The summed E-state index contributed by atoms with van der Waals surface area (Å²) >= 11 is 11.9. The molecule has 0 fully saturated rings. The zero-order valence-electron chi connectivity index (χ0n) is 19.9. The highest BCUT2D eigenvalue weighted by atomic mass is 35.5. The Bertz CT molecular complexity index is 1210. The third-order valence-corrected chi connectivity index (χ3v) is 6.85. The quantitative estimate of drug-likeness (QED) is 0.458. The van der Waals surface area contributed by atoms with Crippen molar-refractivity contribution in [3.63, 3.8) is 0 Å². The molecule has 194 valence electrons. The van der Waals surface area contributed by atoms with E-state index >= 15 is 0 Å². The van der Waals surface area contributed by atoms with E-state index < -0.39 is 39.4 Å². The third-order valence-electron chi connectivity index (χ3n) is 4.68. The van der Waals surface area contributed by atoms with E-state index in [-0.39, 0.29) is 25.2 Å². The highest BCUT2D eigenvalue weighted by Gasteiger charge is 2.26. The lowest BCUT2D eigenvalue weighted by Crippen LogP contribution is -2.44. The van der Waals surface area contributed by atoms with Gasteiger partial charge in [0.15, 0.2) is 5.75 Å². The number of aromatic hydroxyl groups is 2. The second-order valence-electron chi connectivity index (χ2n) is 8.75. The van der Waals surface area contributed by atoms with Gasteiger partial charge in [0.1, 0.15) is 11.2 Å². The molecular formula is C21H28Cl2N4O7S. The van der Waals surface area contributed by atoms with E-state index in [1.807, 2.05) is 0 Å². The summed E-state index contributed by atoms with van der Waals surface area (Å²) in [6.07, 6.45) is 0.0730. The van der Waals surface area contributed by atoms with Crippen molar-refractivity contribution in [2.75, 3.05) is 20.6 Å². The molecule has 3 N–H and O–H groups in total. The van der Waals surface area contributed by atoms with Gasteiger partial charge in [0.25, 0.3) is 5.91 Å². The van der Waals surface area contributed by atoms with Crippen molar-refractivity contribution in [3.8, 4) is 11.6 Å². The fraction of sp³-hybridized carbons (Fsp3) is 0.429. The van der Waals surface area contributed by atoms with Crippen LogP contribution in [0.1, 0.15) is 36.7 Å². The van der Waals surface area contributed by atoms with Gasteiger partial charge in [0.2, 0.25) is 5.88 Å². The molecule has 2 rings (SSSR count). The van der Waals surface area contributed by atoms with Crippen molar-refractivity contribution in [2.24, 2.45) is 0 Å². The number of amides is 2. The molecule has 0 atom stereocenters. The van der Waals surface area contributed by atoms with Gasteiger partial charge in [-0.15, -0.1) is 0 Å². The molecule has 0 bridgehead atoms. The van der Waals surface area contributed by atoms with Gasteiger partial charge in [-0.25, -0.2) is 9.52 Å². The van der Waals surface area contributed by atoms with Crippen LogP contribution < -0.4 is 4.72 Å². The molecule has 11 nitrogen and oxygen atoms in total. The average molecular weight is 551 g/mol. The molecule has 0 saturated carbocycles. The Hall–Kier alpha value is -2.67. The standard InChI is InChI=1S/C21H28Cl2N4O7S/c1-21(2,3)34-20(31)24-35(32,33)26(5)8-9-27-12-14(17(28)19(27)30)18(29)25(4)11-13-6-7-15(22)16(23)10-13/h6-7,10,12,28,30H,8-9,11H2,1-5H3,(H,24,31). The smallest absolute Gasteiger partial charge is 0.422 e. The predicted molar refractivity (Wildman–Crippen MR) is 131 cm³/mol. The third kappa shape index (κ3) is 7.66. The Morgan fingerprint density at radius 3 is 2.34 bits per heavy atom. The minimum Gasteiger partial charge on any atom is -0.503 e. The molecule has 2 aromatic rings. The van der Waals surface area contributed by atoms with E-state index in [0.717, 1.165) is 8.87 Å². The normalized spacial score (nSPS) is 12.0. The second-order valence-corrected chi connectivity index (χ2v) is 11.3. The van der Waals surface area contributed by atoms with Crippen LogP contribution in [0.3, 0.4) is 0 Å². The minimum atomic E-state index is -4.23. The number of nitrogens with zero attached hydrogens (tertiary/aromatic N) is 3. The van der Waals surface area contributed by atoms with Gasteiger partial charge in [-0.3, -0.25) is 4.79 Å². The fourth-order valence-electron chi connectivity index (χ4n) is 2.90. The van der Waals surface area contributed by atoms with Gasteiger partial charge in [0, 0.05) is 39.9 Å². The van der Waals surface area contributed by atoms with Crippen molar-refractivity contribution in [2.45, 2.75) is 39.5 Å². The van der Waals surface area contributed by atoms with E-state index in [2.05, 4.69) is 0 Å². The van der Waals surface area contributed by atoms with E-state index in [1.54, 1.807) is 43.7 Å². The summed E-state index contributed by atoms with van der Waals surface area (Å²) in [6.45, 7) is 4.58. The largest absolute Gasteiger partial charge is 0.503 e. The lowest BCUT2D eigenvalue weighted by Gasteiger charge is -2.22. The Morgan fingerprint density at radius 2 is 1.77 bits per heavy atom. The van der Waals surface area contributed by atoms with Gasteiger partial charge < -0.3 is 24.4 Å². The number of hydrogen-bond acceptors (Lipinski definition) is 7. The molecular weight excluding hydrogens is 523 g/mol. The molecule has 0 aliphatic rings. The summed E-state index contributed by atoms with van der Waals surface area (Å²) in [5.74, 6) is -1.84. The second kappa shape index (κ2) is 10.9. The molecule has 0 saturated heterocycles. The Morgan fingerprint density at radius 1 is 1.14 bits per heavy atom. The maximum Gasteiger partial charge on any atom is 0.422 e. The minimum absolute atomic E-state index is 0.130. The molecule has 0 spiro atoms. The Balaban J connectivity index is 2.07. The van der Waals surface area contributed by atoms with Crippen LogP contribution in [-0.4, -0.2) is 70.6 Å². The van der Waals surface area contributed by atoms with Gasteiger partial charge >= 0.3 is 16.3 Å². The number of nitrogens with one attached hydrogen (secondary N) is 1. The number of benzene rings is 1. The number of carbonyl (C=O) groups excluding carboxylic acids is 2. The molecule has 14 heteroatoms. The molecule has 2 amide bonds. The van der Waals surface area contributed by atoms with E-state index in [4.69, 9.17) is 27.9 Å². The molecule has 0 aliphatic carbocycles. The van der Waals surface area contributed by atoms with E-state index in [9.17, 15) is 28.2 Å². The molecule has 1 heterocycles. The van der Waals surface area contributed by atoms with Crippen LogP contribution in [0.15, 0.2) is 24.4 Å². The van der Waals surface area contributed by atoms with Gasteiger partial charge in [-0.1, -0.05) is 29.3 Å². The van der Waals surface area contributed by atoms with Crippen LogP contribution >= 0.6 is 23.2 Å². The van der Waals surface area contributed by atoms with Gasteiger partial charge in [-0.05, 0) is 38.5 Å². The van der Waals surface area contributed by atoms with Crippen molar-refractivity contribution in [1.82, 2.24) is 18.5 Å². The van der Waals surface area contributed by atoms with Crippen molar-refractivity contribution in [3.05, 3.63) is 45.6 Å². The fourth-order valence-corrected chi connectivity index (χ4v) is 3.95. The van der Waals surface area contributed by atoms with Crippen LogP contribution in [0.5, 0.6) is 11.6 Å². The molecule has 1 aromatic heterocycles. The number of ether oxygens (including phenoxy) is 1. The first-order valence-corrected chi connectivity index (χ1v) is 12.5. The van der Waals surface area contributed by atoms with Crippen molar-refractivity contribution in [1.29, 1.82) is 0 Å². The summed E-state index contributed by atoms with van der Waals surface area (Å²) in [5.41, 5.74) is -0.368. The van der Waals surface area contributed by atoms with Crippen LogP contribution in [0, 0.1) is 0 Å². The predicted octanol–water partition coefficient (Wildman–Crippen LogP) is 3.18. The zero-order chi connectivity index (χ0) is 26.7. The molecule has 35 heavy (non-hydrogen) atoms. The lowest BCUT2D eigenvalue weighted by molar-refractivity contribution is 0.0567. The number of carbonyl (C=O) groups is 2. The molecule has 0 aliphatic heterocycles. The lowest BCUT2D eigenvalue weighted by atomic mass is 10.2.